The normalized spacial score (nSPS) is 10.2. The lowest BCUT2D eigenvalue weighted by atomic mass is 10.1. The molecule has 8 heteroatoms. The smallest absolute Gasteiger partial charge is 0.342 e. The van der Waals surface area contributed by atoms with Gasteiger partial charge in [0, 0.05) is 13.2 Å². The van der Waals surface area contributed by atoms with E-state index in [1.54, 1.807) is 0 Å². The SMILES string of the molecule is O=C(O)c1cc(NCCCCO)c(F)cc1[N+](=O)[O-]. The van der Waals surface area contributed by atoms with Gasteiger partial charge in [-0.2, -0.15) is 0 Å². The molecular formula is C11H13FN2O5. The van der Waals surface area contributed by atoms with E-state index < -0.39 is 28.0 Å². The Labute approximate surface area is 107 Å². The molecule has 0 unspecified atom stereocenters. The lowest BCUT2D eigenvalue weighted by Gasteiger charge is -2.08. The zero-order chi connectivity index (χ0) is 14.4. The molecule has 0 atom stereocenters. The molecule has 0 heterocycles. The van der Waals surface area contributed by atoms with Gasteiger partial charge in [-0.1, -0.05) is 0 Å². The minimum Gasteiger partial charge on any atom is -0.477 e. The van der Waals surface area contributed by atoms with Crippen molar-refractivity contribution in [3.63, 3.8) is 0 Å². The number of nitrogens with zero attached hydrogens (tertiary/aromatic N) is 1. The molecule has 0 aliphatic heterocycles. The molecule has 0 radical (unpaired) electrons. The lowest BCUT2D eigenvalue weighted by Crippen LogP contribution is -2.08. The van der Waals surface area contributed by atoms with Gasteiger partial charge in [0.05, 0.1) is 16.7 Å². The number of carboxylic acid groups (broad SMARTS) is 1. The molecule has 0 saturated carbocycles. The number of nitro benzene ring substituents is 1. The van der Waals surface area contributed by atoms with Gasteiger partial charge in [-0.15, -0.1) is 0 Å². The second-order valence-corrected chi connectivity index (χ2v) is 3.77. The van der Waals surface area contributed by atoms with Gasteiger partial charge < -0.3 is 15.5 Å². The van der Waals surface area contributed by atoms with Crippen molar-refractivity contribution in [1.29, 1.82) is 0 Å². The predicted molar refractivity (Wildman–Crippen MR) is 64.8 cm³/mol. The third-order valence-electron chi connectivity index (χ3n) is 2.41. The van der Waals surface area contributed by atoms with E-state index >= 15 is 0 Å². The molecule has 0 aromatic heterocycles. The average molecular weight is 272 g/mol. The summed E-state index contributed by atoms with van der Waals surface area (Å²) in [5, 5.41) is 30.7. The molecule has 1 aromatic rings. The van der Waals surface area contributed by atoms with Crippen molar-refractivity contribution in [2.24, 2.45) is 0 Å². The summed E-state index contributed by atoms with van der Waals surface area (Å²) < 4.78 is 13.6. The number of carbonyl (C=O) groups is 1. The van der Waals surface area contributed by atoms with Gasteiger partial charge in [0.15, 0.2) is 5.82 Å². The van der Waals surface area contributed by atoms with Crippen LogP contribution in [0.1, 0.15) is 23.2 Å². The summed E-state index contributed by atoms with van der Waals surface area (Å²) in [6.45, 7) is 0.332. The van der Waals surface area contributed by atoms with Gasteiger partial charge in [-0.05, 0) is 18.9 Å². The van der Waals surface area contributed by atoms with Crippen LogP contribution in [0, 0.1) is 15.9 Å². The molecule has 7 nitrogen and oxygen atoms in total. The van der Waals surface area contributed by atoms with E-state index in [1.165, 1.54) is 0 Å². The number of halogens is 1. The minimum atomic E-state index is -1.50. The topological polar surface area (TPSA) is 113 Å². The first kappa shape index (κ1) is 14.8. The van der Waals surface area contributed by atoms with Crippen LogP contribution in [-0.2, 0) is 0 Å². The number of hydrogen-bond acceptors (Lipinski definition) is 5. The summed E-state index contributed by atoms with van der Waals surface area (Å²) in [7, 11) is 0. The number of carboxylic acids is 1. The zero-order valence-corrected chi connectivity index (χ0v) is 9.93. The van der Waals surface area contributed by atoms with Crippen LogP contribution in [0.2, 0.25) is 0 Å². The number of aliphatic hydroxyl groups is 1. The largest absolute Gasteiger partial charge is 0.477 e. The number of nitrogens with one attached hydrogen (secondary N) is 1. The van der Waals surface area contributed by atoms with Crippen molar-refractivity contribution in [3.8, 4) is 0 Å². The van der Waals surface area contributed by atoms with Crippen LogP contribution < -0.4 is 5.32 Å². The van der Waals surface area contributed by atoms with Crippen LogP contribution in [0.25, 0.3) is 0 Å². The number of hydrogen-bond donors (Lipinski definition) is 3. The van der Waals surface area contributed by atoms with Crippen LogP contribution >= 0.6 is 0 Å². The van der Waals surface area contributed by atoms with Crippen molar-refractivity contribution < 1.29 is 24.3 Å². The van der Waals surface area contributed by atoms with E-state index in [9.17, 15) is 19.3 Å². The monoisotopic (exact) mass is 272 g/mol. The lowest BCUT2D eigenvalue weighted by molar-refractivity contribution is -0.385. The third-order valence-corrected chi connectivity index (χ3v) is 2.41. The Morgan fingerprint density at radius 3 is 2.63 bits per heavy atom. The van der Waals surface area contributed by atoms with Crippen molar-refractivity contribution in [3.05, 3.63) is 33.6 Å². The Balaban J connectivity index is 2.97. The zero-order valence-electron chi connectivity index (χ0n) is 9.93. The van der Waals surface area contributed by atoms with Crippen LogP contribution in [0.5, 0.6) is 0 Å². The maximum absolute atomic E-state index is 13.6. The van der Waals surface area contributed by atoms with Crippen LogP contribution in [-0.4, -0.2) is 34.3 Å². The van der Waals surface area contributed by atoms with Gasteiger partial charge in [-0.3, -0.25) is 10.1 Å². The van der Waals surface area contributed by atoms with E-state index in [4.69, 9.17) is 10.2 Å². The molecule has 0 spiro atoms. The molecule has 0 amide bonds. The standard InChI is InChI=1S/C11H13FN2O5/c12-8-6-10(14(18)19)7(11(16)17)5-9(8)13-3-1-2-4-15/h5-6,13,15H,1-4H2,(H,16,17). The molecule has 0 aliphatic rings. The van der Waals surface area contributed by atoms with E-state index in [2.05, 4.69) is 5.32 Å². The first-order chi connectivity index (χ1) is 8.97. The molecule has 0 fully saturated rings. The highest BCUT2D eigenvalue weighted by Crippen LogP contribution is 2.26. The molecule has 0 saturated heterocycles. The molecule has 0 aliphatic carbocycles. The predicted octanol–water partition coefficient (Wildman–Crippen LogP) is 1.62. The Morgan fingerprint density at radius 2 is 2.11 bits per heavy atom. The summed E-state index contributed by atoms with van der Waals surface area (Å²) in [5.74, 6) is -2.38. The van der Waals surface area contributed by atoms with E-state index in [-0.39, 0.29) is 12.3 Å². The molecule has 1 rings (SSSR count). The second-order valence-electron chi connectivity index (χ2n) is 3.77. The summed E-state index contributed by atoms with van der Waals surface area (Å²) in [5.41, 5.74) is -1.47. The van der Waals surface area contributed by atoms with Gasteiger partial charge in [-0.25, -0.2) is 9.18 Å². The molecular weight excluding hydrogens is 259 g/mol. The number of benzene rings is 1. The van der Waals surface area contributed by atoms with Crippen molar-refractivity contribution >= 4 is 17.3 Å². The van der Waals surface area contributed by atoms with Gasteiger partial charge in [0.2, 0.25) is 0 Å². The quantitative estimate of drug-likeness (QED) is 0.395. The average Bonchev–Trinajstić information content (AvgIpc) is 2.35. The fourth-order valence-corrected chi connectivity index (χ4v) is 1.48. The summed E-state index contributed by atoms with van der Waals surface area (Å²) in [4.78, 5) is 20.6. The Bertz CT molecular complexity index is 492. The second kappa shape index (κ2) is 6.64. The molecule has 104 valence electrons. The van der Waals surface area contributed by atoms with Crippen molar-refractivity contribution in [2.75, 3.05) is 18.5 Å². The maximum atomic E-state index is 13.6. The van der Waals surface area contributed by atoms with Crippen LogP contribution in [0.4, 0.5) is 15.8 Å². The van der Waals surface area contributed by atoms with Gasteiger partial charge in [0.1, 0.15) is 5.56 Å². The maximum Gasteiger partial charge on any atom is 0.342 e. The highest BCUT2D eigenvalue weighted by atomic mass is 19.1. The summed E-state index contributed by atoms with van der Waals surface area (Å²) in [6, 6.07) is 1.48. The number of aliphatic hydroxyl groups excluding tert-OH is 1. The van der Waals surface area contributed by atoms with E-state index in [0.717, 1.165) is 6.07 Å². The van der Waals surface area contributed by atoms with Crippen LogP contribution in [0.3, 0.4) is 0 Å². The number of rotatable bonds is 7. The first-order valence-electron chi connectivity index (χ1n) is 5.53. The number of nitro groups is 1. The fourth-order valence-electron chi connectivity index (χ4n) is 1.48. The summed E-state index contributed by atoms with van der Waals surface area (Å²) in [6.07, 6.45) is 1.09. The number of unbranched alkanes of at least 4 members (excludes halogenated alkanes) is 1. The molecule has 19 heavy (non-hydrogen) atoms. The Hall–Kier alpha value is -2.22. The molecule has 0 bridgehead atoms. The van der Waals surface area contributed by atoms with Gasteiger partial charge >= 0.3 is 5.97 Å². The van der Waals surface area contributed by atoms with E-state index in [1.807, 2.05) is 0 Å². The van der Waals surface area contributed by atoms with E-state index in [0.29, 0.717) is 25.5 Å². The minimum absolute atomic E-state index is 0.00476. The third kappa shape index (κ3) is 3.88. The Morgan fingerprint density at radius 1 is 1.42 bits per heavy atom. The highest BCUT2D eigenvalue weighted by molar-refractivity contribution is 5.93. The van der Waals surface area contributed by atoms with Crippen molar-refractivity contribution in [2.45, 2.75) is 12.8 Å². The Kier molecular flexibility index (Phi) is 5.19. The van der Waals surface area contributed by atoms with Crippen LogP contribution in [0.15, 0.2) is 12.1 Å². The highest BCUT2D eigenvalue weighted by Gasteiger charge is 2.23. The van der Waals surface area contributed by atoms with Crippen molar-refractivity contribution in [1.82, 2.24) is 0 Å². The first-order valence-corrected chi connectivity index (χ1v) is 5.53. The summed E-state index contributed by atoms with van der Waals surface area (Å²) >= 11 is 0. The molecule has 3 N–H and O–H groups in total. The number of aromatic carboxylic acids is 1. The fraction of sp³-hybridized carbons (Fsp3) is 0.364. The number of anilines is 1. The van der Waals surface area contributed by atoms with Gasteiger partial charge in [0.25, 0.3) is 5.69 Å². The molecule has 1 aromatic carbocycles.